The lowest BCUT2D eigenvalue weighted by Gasteiger charge is -2.40. The zero-order chi connectivity index (χ0) is 15.8. The van der Waals surface area contributed by atoms with E-state index in [0.29, 0.717) is 25.3 Å². The zero-order valence-corrected chi connectivity index (χ0v) is 11.7. The highest BCUT2D eigenvalue weighted by Crippen LogP contribution is 2.38. The van der Waals surface area contributed by atoms with Crippen LogP contribution < -0.4 is 10.2 Å². The minimum atomic E-state index is -4.75. The molecule has 5 nitrogen and oxygen atoms in total. The van der Waals surface area contributed by atoms with Gasteiger partial charge in [0.05, 0.1) is 4.92 Å². The first-order chi connectivity index (χ1) is 9.60. The van der Waals surface area contributed by atoms with Crippen LogP contribution >= 0.6 is 0 Å². The molecule has 1 N–H and O–H groups in total. The number of rotatable bonds is 2. The summed E-state index contributed by atoms with van der Waals surface area (Å²) in [7, 11) is 0. The van der Waals surface area contributed by atoms with Crippen LogP contribution in [0.5, 0.6) is 0 Å². The number of nitrogens with zero attached hydrogens (tertiary/aromatic N) is 2. The van der Waals surface area contributed by atoms with Crippen molar-refractivity contribution in [3.05, 3.63) is 33.9 Å². The summed E-state index contributed by atoms with van der Waals surface area (Å²) in [5.74, 6) is 0. The van der Waals surface area contributed by atoms with Gasteiger partial charge in [-0.15, -0.1) is 0 Å². The van der Waals surface area contributed by atoms with Gasteiger partial charge in [-0.3, -0.25) is 10.1 Å². The summed E-state index contributed by atoms with van der Waals surface area (Å²) in [5.41, 5.74) is -2.00. The van der Waals surface area contributed by atoms with Crippen LogP contribution in [0.25, 0.3) is 0 Å². The minimum absolute atomic E-state index is 0.224. The second-order valence-electron chi connectivity index (χ2n) is 5.69. The molecule has 1 aromatic rings. The molecule has 8 heteroatoms. The van der Waals surface area contributed by atoms with Crippen molar-refractivity contribution in [2.24, 2.45) is 0 Å². The van der Waals surface area contributed by atoms with Crippen molar-refractivity contribution in [3.8, 4) is 0 Å². The molecule has 21 heavy (non-hydrogen) atoms. The lowest BCUT2D eigenvalue weighted by molar-refractivity contribution is -0.388. The Kier molecular flexibility index (Phi) is 3.83. The number of hydrogen-bond acceptors (Lipinski definition) is 4. The van der Waals surface area contributed by atoms with E-state index < -0.39 is 22.4 Å². The molecule has 2 rings (SSSR count). The maximum Gasteiger partial charge on any atom is 0.423 e. The molecule has 0 saturated carbocycles. The van der Waals surface area contributed by atoms with Gasteiger partial charge in [0.2, 0.25) is 0 Å². The Labute approximate surface area is 119 Å². The third kappa shape index (κ3) is 3.44. The Morgan fingerprint density at radius 1 is 1.38 bits per heavy atom. The van der Waals surface area contributed by atoms with Crippen molar-refractivity contribution in [3.63, 3.8) is 0 Å². The molecule has 1 fully saturated rings. The predicted molar refractivity (Wildman–Crippen MR) is 72.4 cm³/mol. The molecule has 0 spiro atoms. The Morgan fingerprint density at radius 3 is 2.57 bits per heavy atom. The van der Waals surface area contributed by atoms with Gasteiger partial charge in [-0.2, -0.15) is 13.2 Å². The van der Waals surface area contributed by atoms with E-state index in [4.69, 9.17) is 0 Å². The van der Waals surface area contributed by atoms with E-state index in [1.807, 2.05) is 13.8 Å². The fourth-order valence-corrected chi connectivity index (χ4v) is 2.47. The molecule has 1 heterocycles. The SMILES string of the molecule is CC1(C)CN(c2ccc([N+](=O)[O-])c(C(F)(F)F)c2)CCN1. The van der Waals surface area contributed by atoms with Crippen LogP contribution in [0.1, 0.15) is 19.4 Å². The van der Waals surface area contributed by atoms with E-state index in [0.717, 1.165) is 12.1 Å². The van der Waals surface area contributed by atoms with Crippen LogP contribution in [0.2, 0.25) is 0 Å². The third-order valence-corrected chi connectivity index (χ3v) is 3.42. The van der Waals surface area contributed by atoms with Gasteiger partial charge in [-0.25, -0.2) is 0 Å². The molecule has 0 radical (unpaired) electrons. The average molecular weight is 303 g/mol. The quantitative estimate of drug-likeness (QED) is 0.674. The van der Waals surface area contributed by atoms with Gasteiger partial charge in [0.15, 0.2) is 0 Å². The highest BCUT2D eigenvalue weighted by Gasteiger charge is 2.39. The molecule has 1 aromatic carbocycles. The molecule has 0 aliphatic carbocycles. The van der Waals surface area contributed by atoms with Crippen LogP contribution in [0.4, 0.5) is 24.5 Å². The first-order valence-electron chi connectivity index (χ1n) is 6.46. The van der Waals surface area contributed by atoms with E-state index in [9.17, 15) is 23.3 Å². The van der Waals surface area contributed by atoms with E-state index in [2.05, 4.69) is 5.32 Å². The number of benzene rings is 1. The number of anilines is 1. The van der Waals surface area contributed by atoms with Crippen LogP contribution in [-0.2, 0) is 6.18 Å². The first kappa shape index (κ1) is 15.6. The zero-order valence-electron chi connectivity index (χ0n) is 11.7. The predicted octanol–water partition coefficient (Wildman–Crippen LogP) is 2.80. The Hall–Kier alpha value is -1.83. The van der Waals surface area contributed by atoms with Gasteiger partial charge in [0, 0.05) is 36.9 Å². The van der Waals surface area contributed by atoms with Crippen molar-refractivity contribution in [2.75, 3.05) is 24.5 Å². The number of alkyl halides is 3. The summed E-state index contributed by atoms with van der Waals surface area (Å²) in [4.78, 5) is 11.5. The van der Waals surface area contributed by atoms with Gasteiger partial charge in [-0.05, 0) is 26.0 Å². The van der Waals surface area contributed by atoms with E-state index >= 15 is 0 Å². The summed E-state index contributed by atoms with van der Waals surface area (Å²) in [6, 6.07) is 3.15. The molecule has 0 amide bonds. The van der Waals surface area contributed by atoms with Gasteiger partial charge >= 0.3 is 6.18 Å². The van der Waals surface area contributed by atoms with Crippen molar-refractivity contribution < 1.29 is 18.1 Å². The summed E-state index contributed by atoms with van der Waals surface area (Å²) in [6.45, 7) is 5.64. The summed E-state index contributed by atoms with van der Waals surface area (Å²) < 4.78 is 38.9. The first-order valence-corrected chi connectivity index (χ1v) is 6.46. The molecule has 0 atom stereocenters. The summed E-state index contributed by atoms with van der Waals surface area (Å²) in [5, 5.41) is 14.0. The molecule has 0 aromatic heterocycles. The molecule has 116 valence electrons. The molecule has 1 aliphatic heterocycles. The fourth-order valence-electron chi connectivity index (χ4n) is 2.47. The maximum absolute atomic E-state index is 13.0. The van der Waals surface area contributed by atoms with Crippen molar-refractivity contribution in [1.29, 1.82) is 0 Å². The van der Waals surface area contributed by atoms with Crippen LogP contribution in [-0.4, -0.2) is 30.1 Å². The number of hydrogen-bond donors (Lipinski definition) is 1. The molecule has 0 bridgehead atoms. The molecule has 1 saturated heterocycles. The fraction of sp³-hybridized carbons (Fsp3) is 0.538. The monoisotopic (exact) mass is 303 g/mol. The standard InChI is InChI=1S/C13H16F3N3O2/c1-12(2)8-18(6-5-17-12)9-3-4-11(19(20)21)10(7-9)13(14,15)16/h3-4,7,17H,5-6,8H2,1-2H3. The lowest BCUT2D eigenvalue weighted by Crippen LogP contribution is -2.57. The van der Waals surface area contributed by atoms with Crippen molar-refractivity contribution in [1.82, 2.24) is 5.32 Å². The normalized spacial score (nSPS) is 18.6. The third-order valence-electron chi connectivity index (χ3n) is 3.42. The second kappa shape index (κ2) is 5.18. The number of nitrogens with one attached hydrogen (secondary N) is 1. The van der Waals surface area contributed by atoms with Crippen molar-refractivity contribution in [2.45, 2.75) is 25.6 Å². The van der Waals surface area contributed by atoms with Gasteiger partial charge in [0.25, 0.3) is 5.69 Å². The molecule has 1 aliphatic rings. The average Bonchev–Trinajstić information content (AvgIpc) is 2.35. The van der Waals surface area contributed by atoms with Gasteiger partial charge < -0.3 is 10.2 Å². The Bertz CT molecular complexity index is 558. The highest BCUT2D eigenvalue weighted by molar-refractivity contribution is 5.57. The number of nitro groups is 1. The van der Waals surface area contributed by atoms with Gasteiger partial charge in [0.1, 0.15) is 5.56 Å². The second-order valence-corrected chi connectivity index (χ2v) is 5.69. The van der Waals surface area contributed by atoms with E-state index in [1.165, 1.54) is 6.07 Å². The minimum Gasteiger partial charge on any atom is -0.368 e. The van der Waals surface area contributed by atoms with Crippen LogP contribution in [0.3, 0.4) is 0 Å². The molecule has 0 unspecified atom stereocenters. The number of piperazine rings is 1. The Balaban J connectivity index is 2.40. The van der Waals surface area contributed by atoms with E-state index in [1.54, 1.807) is 4.90 Å². The number of nitro benzene ring substituents is 1. The number of halogens is 3. The van der Waals surface area contributed by atoms with Crippen LogP contribution in [0, 0.1) is 10.1 Å². The molecular formula is C13H16F3N3O2. The maximum atomic E-state index is 13.0. The summed E-state index contributed by atoms with van der Waals surface area (Å²) in [6.07, 6.45) is -4.75. The molecular weight excluding hydrogens is 287 g/mol. The van der Waals surface area contributed by atoms with E-state index in [-0.39, 0.29) is 5.54 Å². The topological polar surface area (TPSA) is 58.4 Å². The van der Waals surface area contributed by atoms with Crippen molar-refractivity contribution >= 4 is 11.4 Å². The highest BCUT2D eigenvalue weighted by atomic mass is 19.4. The lowest BCUT2D eigenvalue weighted by atomic mass is 10.0. The van der Waals surface area contributed by atoms with Crippen LogP contribution in [0.15, 0.2) is 18.2 Å². The Morgan fingerprint density at radius 2 is 2.05 bits per heavy atom. The smallest absolute Gasteiger partial charge is 0.368 e. The summed E-state index contributed by atoms with van der Waals surface area (Å²) >= 11 is 0. The van der Waals surface area contributed by atoms with Gasteiger partial charge in [-0.1, -0.05) is 0 Å². The largest absolute Gasteiger partial charge is 0.423 e.